The summed E-state index contributed by atoms with van der Waals surface area (Å²) in [6.45, 7) is 2.46. The van der Waals surface area contributed by atoms with Crippen molar-refractivity contribution in [3.05, 3.63) is 52.3 Å². The van der Waals surface area contributed by atoms with Gasteiger partial charge in [0.2, 0.25) is 0 Å². The van der Waals surface area contributed by atoms with Crippen LogP contribution >= 0.6 is 23.2 Å². The molecule has 4 heteroatoms. The van der Waals surface area contributed by atoms with Crippen LogP contribution in [0.15, 0.2) is 36.4 Å². The summed E-state index contributed by atoms with van der Waals surface area (Å²) in [4.78, 5) is 4.02. The highest BCUT2D eigenvalue weighted by molar-refractivity contribution is 6.32. The fourth-order valence-electron chi connectivity index (χ4n) is 2.82. The van der Waals surface area contributed by atoms with E-state index in [1.165, 1.54) is 5.56 Å². The number of hydrogen-bond acceptors (Lipinski definition) is 2. The first-order chi connectivity index (χ1) is 10.7. The zero-order valence-corrected chi connectivity index (χ0v) is 14.2. The fourth-order valence-corrected chi connectivity index (χ4v) is 3.28. The molecule has 0 saturated heterocycles. The largest absolute Gasteiger partial charge is 0.396 e. The highest BCUT2D eigenvalue weighted by atomic mass is 35.5. The number of nitrogens with zero attached hydrogens (tertiary/aromatic N) is 1. The van der Waals surface area contributed by atoms with Gasteiger partial charge in [-0.1, -0.05) is 60.8 Å². The third-order valence-electron chi connectivity index (χ3n) is 3.93. The van der Waals surface area contributed by atoms with E-state index in [0.29, 0.717) is 16.2 Å². The molecule has 0 unspecified atom stereocenters. The predicted octanol–water partition coefficient (Wildman–Crippen LogP) is 5.71. The van der Waals surface area contributed by atoms with Crippen LogP contribution in [0.1, 0.15) is 44.1 Å². The molecule has 1 N–H and O–H groups in total. The van der Waals surface area contributed by atoms with Gasteiger partial charge in [-0.2, -0.15) is 0 Å². The molecule has 1 heterocycles. The molecule has 118 valence electrons. The smallest absolute Gasteiger partial charge is 0.131 e. The Balaban J connectivity index is 2.36. The van der Waals surface area contributed by atoms with E-state index in [0.717, 1.165) is 36.8 Å². The van der Waals surface area contributed by atoms with E-state index >= 15 is 0 Å². The van der Waals surface area contributed by atoms with Crippen molar-refractivity contribution >= 4 is 23.2 Å². The number of pyridine rings is 1. The van der Waals surface area contributed by atoms with Crippen molar-refractivity contribution in [2.24, 2.45) is 0 Å². The lowest BCUT2D eigenvalue weighted by Crippen LogP contribution is -2.01. The normalized spacial score (nSPS) is 12.4. The summed E-state index contributed by atoms with van der Waals surface area (Å²) in [5.74, 6) is 0.466. The van der Waals surface area contributed by atoms with Gasteiger partial charge in [0.15, 0.2) is 0 Å². The standard InChI is InChI=1S/C18H21Cl2NO/c1-2-13(7-5-6-10-22)15-8-3-4-9-16(15)14-11-17(19)21-18(20)12-14/h3-4,8-9,11-13,22H,2,5-7,10H2,1H3/t13-/m0/s1. The average Bonchev–Trinajstić information content (AvgIpc) is 2.51. The Kier molecular flexibility index (Phi) is 6.69. The summed E-state index contributed by atoms with van der Waals surface area (Å²) >= 11 is 12.1. The second-order valence-corrected chi connectivity index (χ2v) is 6.19. The minimum absolute atomic E-state index is 0.258. The Morgan fingerprint density at radius 2 is 1.77 bits per heavy atom. The molecule has 0 saturated carbocycles. The maximum absolute atomic E-state index is 8.98. The van der Waals surface area contributed by atoms with Crippen LogP contribution in [0.4, 0.5) is 0 Å². The summed E-state index contributed by atoms with van der Waals surface area (Å²) in [7, 11) is 0. The minimum atomic E-state index is 0.258. The highest BCUT2D eigenvalue weighted by Crippen LogP contribution is 2.35. The van der Waals surface area contributed by atoms with Crippen LogP contribution in [-0.2, 0) is 0 Å². The summed E-state index contributed by atoms with van der Waals surface area (Å²) in [6, 6.07) is 12.1. The van der Waals surface area contributed by atoms with E-state index in [-0.39, 0.29) is 6.61 Å². The summed E-state index contributed by atoms with van der Waals surface area (Å²) < 4.78 is 0. The third-order valence-corrected chi connectivity index (χ3v) is 4.32. The topological polar surface area (TPSA) is 33.1 Å². The van der Waals surface area contributed by atoms with Crippen molar-refractivity contribution in [1.29, 1.82) is 0 Å². The molecular formula is C18H21Cl2NO. The summed E-state index contributed by atoms with van der Waals surface area (Å²) in [5, 5.41) is 9.80. The molecule has 22 heavy (non-hydrogen) atoms. The Morgan fingerprint density at radius 1 is 1.09 bits per heavy atom. The van der Waals surface area contributed by atoms with Crippen LogP contribution in [0, 0.1) is 0 Å². The van der Waals surface area contributed by atoms with Crippen molar-refractivity contribution in [2.45, 2.75) is 38.5 Å². The van der Waals surface area contributed by atoms with Gasteiger partial charge in [-0.05, 0) is 54.0 Å². The van der Waals surface area contributed by atoms with Crippen LogP contribution in [0.3, 0.4) is 0 Å². The van der Waals surface area contributed by atoms with Crippen LogP contribution in [0.5, 0.6) is 0 Å². The quantitative estimate of drug-likeness (QED) is 0.518. The van der Waals surface area contributed by atoms with E-state index in [4.69, 9.17) is 28.3 Å². The number of benzene rings is 1. The zero-order valence-electron chi connectivity index (χ0n) is 12.7. The van der Waals surface area contributed by atoms with Crippen LogP contribution in [-0.4, -0.2) is 16.7 Å². The first-order valence-corrected chi connectivity index (χ1v) is 8.44. The zero-order chi connectivity index (χ0) is 15.9. The van der Waals surface area contributed by atoms with Crippen molar-refractivity contribution < 1.29 is 5.11 Å². The lowest BCUT2D eigenvalue weighted by Gasteiger charge is -2.19. The van der Waals surface area contributed by atoms with Crippen LogP contribution in [0.25, 0.3) is 11.1 Å². The van der Waals surface area contributed by atoms with Gasteiger partial charge in [0.05, 0.1) is 0 Å². The number of aliphatic hydroxyl groups excluding tert-OH is 1. The molecule has 1 atom stereocenters. The molecule has 0 radical (unpaired) electrons. The summed E-state index contributed by atoms with van der Waals surface area (Å²) in [5.41, 5.74) is 3.46. The molecule has 0 amide bonds. The highest BCUT2D eigenvalue weighted by Gasteiger charge is 2.15. The van der Waals surface area contributed by atoms with Gasteiger partial charge in [0, 0.05) is 6.61 Å². The number of halogens is 2. The predicted molar refractivity (Wildman–Crippen MR) is 93.7 cm³/mol. The lowest BCUT2D eigenvalue weighted by atomic mass is 9.86. The molecule has 1 aromatic carbocycles. The molecule has 2 aromatic rings. The molecule has 2 rings (SSSR count). The second kappa shape index (κ2) is 8.52. The third kappa shape index (κ3) is 4.45. The van der Waals surface area contributed by atoms with Gasteiger partial charge in [0.1, 0.15) is 10.3 Å². The number of aromatic nitrogens is 1. The number of hydrogen-bond donors (Lipinski definition) is 1. The van der Waals surface area contributed by atoms with Crippen molar-refractivity contribution in [3.63, 3.8) is 0 Å². The molecule has 0 bridgehead atoms. The van der Waals surface area contributed by atoms with E-state index in [2.05, 4.69) is 30.1 Å². The summed E-state index contributed by atoms with van der Waals surface area (Å²) in [6.07, 6.45) is 4.02. The SMILES string of the molecule is CC[C@@H](CCCCO)c1ccccc1-c1cc(Cl)nc(Cl)c1. The number of rotatable bonds is 7. The maximum atomic E-state index is 8.98. The van der Waals surface area contributed by atoms with Gasteiger partial charge in [-0.3, -0.25) is 0 Å². The average molecular weight is 338 g/mol. The molecule has 0 fully saturated rings. The van der Waals surface area contributed by atoms with Crippen LogP contribution < -0.4 is 0 Å². The van der Waals surface area contributed by atoms with Gasteiger partial charge in [-0.15, -0.1) is 0 Å². The van der Waals surface area contributed by atoms with Crippen molar-refractivity contribution in [1.82, 2.24) is 4.98 Å². The Bertz CT molecular complexity index is 596. The number of aliphatic hydroxyl groups is 1. The minimum Gasteiger partial charge on any atom is -0.396 e. The maximum Gasteiger partial charge on any atom is 0.131 e. The molecule has 0 spiro atoms. The molecule has 2 nitrogen and oxygen atoms in total. The van der Waals surface area contributed by atoms with Crippen LogP contribution in [0.2, 0.25) is 10.3 Å². The van der Waals surface area contributed by atoms with Crippen molar-refractivity contribution in [2.75, 3.05) is 6.61 Å². The molecule has 0 aliphatic heterocycles. The first-order valence-electron chi connectivity index (χ1n) is 7.69. The Labute approximate surface area is 142 Å². The lowest BCUT2D eigenvalue weighted by molar-refractivity contribution is 0.281. The van der Waals surface area contributed by atoms with E-state index in [9.17, 15) is 0 Å². The molecule has 0 aliphatic carbocycles. The Hall–Kier alpha value is -1.09. The van der Waals surface area contributed by atoms with E-state index in [1.807, 2.05) is 18.2 Å². The monoisotopic (exact) mass is 337 g/mol. The van der Waals surface area contributed by atoms with E-state index < -0.39 is 0 Å². The second-order valence-electron chi connectivity index (χ2n) is 5.41. The van der Waals surface area contributed by atoms with Gasteiger partial charge >= 0.3 is 0 Å². The van der Waals surface area contributed by atoms with E-state index in [1.54, 1.807) is 0 Å². The van der Waals surface area contributed by atoms with Crippen molar-refractivity contribution in [3.8, 4) is 11.1 Å². The fraction of sp³-hybridized carbons (Fsp3) is 0.389. The first kappa shape index (κ1) is 17.3. The number of unbranched alkanes of at least 4 members (excludes halogenated alkanes) is 1. The molecule has 1 aromatic heterocycles. The van der Waals surface area contributed by atoms with Gasteiger partial charge < -0.3 is 5.11 Å². The molecular weight excluding hydrogens is 317 g/mol. The Morgan fingerprint density at radius 3 is 2.41 bits per heavy atom. The molecule has 0 aliphatic rings. The van der Waals surface area contributed by atoms with Gasteiger partial charge in [0.25, 0.3) is 0 Å². The van der Waals surface area contributed by atoms with Gasteiger partial charge in [-0.25, -0.2) is 4.98 Å².